The molecule has 0 aromatic rings. The Morgan fingerprint density at radius 3 is 1.90 bits per heavy atom. The lowest BCUT2D eigenvalue weighted by Crippen LogP contribution is -2.21. The van der Waals surface area contributed by atoms with Crippen LogP contribution in [0.5, 0.6) is 0 Å². The average Bonchev–Trinajstić information content (AvgIpc) is 2.43. The Bertz CT molecular complexity index is 495. The number of amides is 2. The largest absolute Gasteiger partial charge is 0.366 e. The van der Waals surface area contributed by atoms with E-state index in [1.807, 2.05) is 24.3 Å². The lowest BCUT2D eigenvalue weighted by atomic mass is 10.0. The Morgan fingerprint density at radius 1 is 0.857 bits per heavy atom. The molecule has 4 nitrogen and oxygen atoms in total. The third kappa shape index (κ3) is 8.42. The van der Waals surface area contributed by atoms with E-state index in [1.54, 1.807) is 19.1 Å². The van der Waals surface area contributed by atoms with Crippen LogP contribution in [0.25, 0.3) is 0 Å². The van der Waals surface area contributed by atoms with Crippen molar-refractivity contribution in [3.8, 4) is 0 Å². The van der Waals surface area contributed by atoms with E-state index in [0.717, 1.165) is 12.8 Å². The van der Waals surface area contributed by atoms with Crippen molar-refractivity contribution in [1.82, 2.24) is 0 Å². The lowest BCUT2D eigenvalue weighted by Gasteiger charge is -2.03. The molecule has 0 aliphatic rings. The maximum atomic E-state index is 11.3. The number of carbonyl (C=O) groups is 2. The van der Waals surface area contributed by atoms with E-state index >= 15 is 0 Å². The van der Waals surface area contributed by atoms with E-state index in [1.165, 1.54) is 6.08 Å². The first-order valence-corrected chi connectivity index (χ1v) is 7.03. The molecule has 2 amide bonds. The summed E-state index contributed by atoms with van der Waals surface area (Å²) in [5.74, 6) is -1.28. The minimum atomic E-state index is -0.659. The molecular formula is C17H24N2O2. The maximum absolute atomic E-state index is 11.3. The minimum absolute atomic E-state index is 0.154. The molecule has 0 bridgehead atoms. The molecular weight excluding hydrogens is 264 g/mol. The molecule has 0 atom stereocenters. The molecule has 0 spiro atoms. The van der Waals surface area contributed by atoms with Gasteiger partial charge in [0, 0.05) is 11.1 Å². The van der Waals surface area contributed by atoms with Crippen LogP contribution in [0.3, 0.4) is 0 Å². The number of unbranched alkanes of at least 4 members (excludes halogenated alkanes) is 1. The molecule has 0 rings (SSSR count). The van der Waals surface area contributed by atoms with Gasteiger partial charge in [-0.15, -0.1) is 0 Å². The van der Waals surface area contributed by atoms with Crippen molar-refractivity contribution in [3.63, 3.8) is 0 Å². The topological polar surface area (TPSA) is 86.2 Å². The van der Waals surface area contributed by atoms with Gasteiger partial charge in [-0.25, -0.2) is 0 Å². The highest BCUT2D eigenvalue weighted by molar-refractivity contribution is 6.05. The predicted octanol–water partition coefficient (Wildman–Crippen LogP) is 2.69. The second kappa shape index (κ2) is 11.5. The van der Waals surface area contributed by atoms with E-state index < -0.39 is 11.8 Å². The zero-order chi connectivity index (χ0) is 16.1. The molecule has 0 aliphatic heterocycles. The number of rotatable bonds is 9. The van der Waals surface area contributed by atoms with Gasteiger partial charge in [-0.05, 0) is 18.9 Å². The first-order valence-electron chi connectivity index (χ1n) is 7.03. The summed E-state index contributed by atoms with van der Waals surface area (Å²) in [6, 6.07) is 0. The number of hydrogen-bond acceptors (Lipinski definition) is 2. The van der Waals surface area contributed by atoms with Gasteiger partial charge in [-0.2, -0.15) is 0 Å². The molecule has 114 valence electrons. The summed E-state index contributed by atoms with van der Waals surface area (Å²) in [7, 11) is 0. The Balaban J connectivity index is 4.76. The lowest BCUT2D eigenvalue weighted by molar-refractivity contribution is -0.117. The summed E-state index contributed by atoms with van der Waals surface area (Å²) >= 11 is 0. The van der Waals surface area contributed by atoms with Crippen molar-refractivity contribution in [2.24, 2.45) is 11.5 Å². The van der Waals surface area contributed by atoms with E-state index in [-0.39, 0.29) is 11.1 Å². The molecule has 0 radical (unpaired) electrons. The van der Waals surface area contributed by atoms with Crippen LogP contribution in [0, 0.1) is 0 Å². The second-order valence-electron chi connectivity index (χ2n) is 4.32. The zero-order valence-corrected chi connectivity index (χ0v) is 12.7. The summed E-state index contributed by atoms with van der Waals surface area (Å²) in [6.07, 6.45) is 17.2. The van der Waals surface area contributed by atoms with Crippen LogP contribution in [0.4, 0.5) is 0 Å². The molecule has 0 aromatic carbocycles. The fourth-order valence-corrected chi connectivity index (χ4v) is 1.58. The van der Waals surface area contributed by atoms with Crippen LogP contribution in [-0.2, 0) is 9.59 Å². The second-order valence-corrected chi connectivity index (χ2v) is 4.32. The molecule has 0 unspecified atom stereocenters. The van der Waals surface area contributed by atoms with E-state index in [0.29, 0.717) is 6.42 Å². The first-order chi connectivity index (χ1) is 10.0. The van der Waals surface area contributed by atoms with Crippen molar-refractivity contribution in [1.29, 1.82) is 0 Å². The number of allylic oxidation sites excluding steroid dienone is 7. The van der Waals surface area contributed by atoms with Crippen LogP contribution in [0.1, 0.15) is 33.1 Å². The fraction of sp³-hybridized carbons (Fsp3) is 0.294. The van der Waals surface area contributed by atoms with Crippen molar-refractivity contribution in [2.75, 3.05) is 0 Å². The Labute approximate surface area is 126 Å². The van der Waals surface area contributed by atoms with Gasteiger partial charge in [0.1, 0.15) is 0 Å². The van der Waals surface area contributed by atoms with Gasteiger partial charge in [0.2, 0.25) is 11.8 Å². The summed E-state index contributed by atoms with van der Waals surface area (Å²) in [5.41, 5.74) is 10.9. The number of primary amides is 2. The molecule has 4 heteroatoms. The monoisotopic (exact) mass is 288 g/mol. The first kappa shape index (κ1) is 18.6. The number of nitrogens with two attached hydrogens (primary N) is 2. The van der Waals surface area contributed by atoms with Crippen molar-refractivity contribution >= 4 is 11.8 Å². The van der Waals surface area contributed by atoms with E-state index in [4.69, 9.17) is 11.5 Å². The maximum Gasteiger partial charge on any atom is 0.249 e. The van der Waals surface area contributed by atoms with Gasteiger partial charge in [-0.3, -0.25) is 9.59 Å². The van der Waals surface area contributed by atoms with Gasteiger partial charge in [-0.1, -0.05) is 62.8 Å². The molecule has 21 heavy (non-hydrogen) atoms. The molecule has 0 heterocycles. The highest BCUT2D eigenvalue weighted by Crippen LogP contribution is 2.09. The van der Waals surface area contributed by atoms with Crippen LogP contribution < -0.4 is 11.5 Å². The molecule has 0 aromatic heterocycles. The van der Waals surface area contributed by atoms with Gasteiger partial charge in [0.15, 0.2) is 0 Å². The highest BCUT2D eigenvalue weighted by atomic mass is 16.2. The van der Waals surface area contributed by atoms with Crippen LogP contribution in [-0.4, -0.2) is 11.8 Å². The minimum Gasteiger partial charge on any atom is -0.366 e. The molecule has 0 aliphatic carbocycles. The normalized spacial score (nSPS) is 13.6. The Kier molecular flexibility index (Phi) is 10.2. The highest BCUT2D eigenvalue weighted by Gasteiger charge is 2.12. The quantitative estimate of drug-likeness (QED) is 0.505. The molecule has 0 saturated heterocycles. The summed E-state index contributed by atoms with van der Waals surface area (Å²) in [5, 5.41) is 0. The smallest absolute Gasteiger partial charge is 0.249 e. The fourth-order valence-electron chi connectivity index (χ4n) is 1.58. The SMILES string of the molecule is CCCC=CC=CC=CC=CC(C(N)=O)=C(CC)C(N)=O. The molecule has 0 saturated carbocycles. The Hall–Kier alpha value is -2.36. The third-order valence-electron chi connectivity index (χ3n) is 2.65. The number of hydrogen-bond donors (Lipinski definition) is 2. The van der Waals surface area contributed by atoms with Crippen LogP contribution in [0.15, 0.2) is 59.8 Å². The zero-order valence-electron chi connectivity index (χ0n) is 12.7. The van der Waals surface area contributed by atoms with Gasteiger partial charge in [0.05, 0.1) is 0 Å². The number of carbonyl (C=O) groups excluding carboxylic acids is 2. The van der Waals surface area contributed by atoms with Crippen molar-refractivity contribution in [2.45, 2.75) is 33.1 Å². The van der Waals surface area contributed by atoms with Crippen LogP contribution >= 0.6 is 0 Å². The van der Waals surface area contributed by atoms with Crippen molar-refractivity contribution in [3.05, 3.63) is 59.8 Å². The summed E-state index contributed by atoms with van der Waals surface area (Å²) < 4.78 is 0. The Morgan fingerprint density at radius 2 is 1.43 bits per heavy atom. The van der Waals surface area contributed by atoms with Crippen molar-refractivity contribution < 1.29 is 9.59 Å². The molecule has 0 fully saturated rings. The van der Waals surface area contributed by atoms with Gasteiger partial charge >= 0.3 is 0 Å². The average molecular weight is 288 g/mol. The summed E-state index contributed by atoms with van der Waals surface area (Å²) in [4.78, 5) is 22.6. The van der Waals surface area contributed by atoms with Gasteiger partial charge in [0.25, 0.3) is 0 Å². The summed E-state index contributed by atoms with van der Waals surface area (Å²) in [6.45, 7) is 3.87. The standard InChI is InChI=1S/C17H24N2O2/c1-3-5-6-7-8-9-10-11-12-13-15(17(19)21)14(4-2)16(18)20/h6-13H,3-5H2,1-2H3,(H2,18,20)(H2,19,21). The predicted molar refractivity (Wildman–Crippen MR) is 87.2 cm³/mol. The van der Waals surface area contributed by atoms with E-state index in [9.17, 15) is 9.59 Å². The molecule has 4 N–H and O–H groups in total. The van der Waals surface area contributed by atoms with E-state index in [2.05, 4.69) is 13.0 Å². The van der Waals surface area contributed by atoms with Crippen LogP contribution in [0.2, 0.25) is 0 Å². The van der Waals surface area contributed by atoms with Gasteiger partial charge < -0.3 is 11.5 Å². The third-order valence-corrected chi connectivity index (χ3v) is 2.65.